The van der Waals surface area contributed by atoms with Crippen molar-refractivity contribution in [3.8, 4) is 17.2 Å². The minimum absolute atomic E-state index is 0.0582. The van der Waals surface area contributed by atoms with Gasteiger partial charge in [0.2, 0.25) is 17.8 Å². The van der Waals surface area contributed by atoms with Gasteiger partial charge in [0.05, 0.1) is 23.2 Å². The molecule has 42 heavy (non-hydrogen) atoms. The van der Waals surface area contributed by atoms with E-state index in [4.69, 9.17) is 0 Å². The predicted molar refractivity (Wildman–Crippen MR) is 143 cm³/mol. The summed E-state index contributed by atoms with van der Waals surface area (Å²) >= 11 is 0. The Bertz CT molecular complexity index is 1400. The standard InChI is InChI=1S/C30H32F5N5O2/c1-27(2,32)15-21(25(41)40-28(16-36)11-12-28)38-23(30(33,34)35)18-5-3-17(4-6-18)20-9-10-22(39-24(20)31)29(13-14-29)26(42)37-19-7-8-19/h3-6,9-10,19,21,23,38H,7-8,11-15H2,1-2H3,(H,37,42)(H,40,41)/t21-,23-/m0/s1. The summed E-state index contributed by atoms with van der Waals surface area (Å²) in [6, 6.07) is 6.15. The lowest BCUT2D eigenvalue weighted by Crippen LogP contribution is -2.53. The Morgan fingerprint density at radius 2 is 1.69 bits per heavy atom. The van der Waals surface area contributed by atoms with E-state index in [-0.39, 0.29) is 28.6 Å². The second kappa shape index (κ2) is 10.6. The molecule has 3 fully saturated rings. The minimum Gasteiger partial charge on any atom is -0.353 e. The van der Waals surface area contributed by atoms with Crippen molar-refractivity contribution in [1.29, 1.82) is 5.26 Å². The molecule has 0 bridgehead atoms. The van der Waals surface area contributed by atoms with Gasteiger partial charge in [0, 0.05) is 18.0 Å². The van der Waals surface area contributed by atoms with Gasteiger partial charge in [-0.25, -0.2) is 9.37 Å². The Hall–Kier alpha value is -3.59. The van der Waals surface area contributed by atoms with Crippen LogP contribution in [-0.4, -0.2) is 46.3 Å². The number of nitrogens with one attached hydrogen (secondary N) is 3. The van der Waals surface area contributed by atoms with E-state index < -0.39 is 53.2 Å². The highest BCUT2D eigenvalue weighted by atomic mass is 19.4. The summed E-state index contributed by atoms with van der Waals surface area (Å²) in [6.07, 6.45) is -1.71. The molecule has 2 atom stereocenters. The molecule has 0 saturated heterocycles. The van der Waals surface area contributed by atoms with E-state index in [1.54, 1.807) is 6.07 Å². The molecule has 12 heteroatoms. The predicted octanol–water partition coefficient (Wildman–Crippen LogP) is 5.07. The highest BCUT2D eigenvalue weighted by Gasteiger charge is 2.54. The molecule has 2 amide bonds. The van der Waals surface area contributed by atoms with Gasteiger partial charge in [-0.2, -0.15) is 22.8 Å². The number of nitriles is 1. The number of hydrogen-bond acceptors (Lipinski definition) is 5. The fraction of sp³-hybridized carbons (Fsp3) is 0.533. The van der Waals surface area contributed by atoms with Crippen molar-refractivity contribution in [2.45, 2.75) is 99.7 Å². The molecule has 3 saturated carbocycles. The zero-order valence-electron chi connectivity index (χ0n) is 23.2. The third-order valence-corrected chi connectivity index (χ3v) is 8.02. The maximum Gasteiger partial charge on any atom is 0.407 e. The van der Waals surface area contributed by atoms with Crippen LogP contribution in [0.15, 0.2) is 36.4 Å². The first kappa shape index (κ1) is 29.9. The number of aromatic nitrogens is 1. The molecule has 3 N–H and O–H groups in total. The SMILES string of the molecule is CC(C)(F)C[C@H](N[C@@H](c1ccc(-c2ccc(C3(C(=O)NC4CC4)CC3)nc2F)cc1)C(F)(F)F)C(=O)NC1(C#N)CC1. The fourth-order valence-corrected chi connectivity index (χ4v) is 5.05. The summed E-state index contributed by atoms with van der Waals surface area (Å²) < 4.78 is 72.4. The van der Waals surface area contributed by atoms with Gasteiger partial charge >= 0.3 is 6.18 Å². The third-order valence-electron chi connectivity index (χ3n) is 8.02. The van der Waals surface area contributed by atoms with Crippen LogP contribution in [0.1, 0.15) is 76.1 Å². The van der Waals surface area contributed by atoms with Crippen LogP contribution in [-0.2, 0) is 15.0 Å². The fourth-order valence-electron chi connectivity index (χ4n) is 5.05. The quantitative estimate of drug-likeness (QED) is 0.251. The second-order valence-electron chi connectivity index (χ2n) is 12.3. The van der Waals surface area contributed by atoms with Crippen molar-refractivity contribution in [2.24, 2.45) is 0 Å². The van der Waals surface area contributed by atoms with Crippen molar-refractivity contribution >= 4 is 11.8 Å². The maximum atomic E-state index is 15.1. The van der Waals surface area contributed by atoms with Crippen LogP contribution in [0.4, 0.5) is 22.0 Å². The lowest BCUT2D eigenvalue weighted by Gasteiger charge is -2.30. The van der Waals surface area contributed by atoms with Crippen molar-refractivity contribution < 1.29 is 31.5 Å². The number of nitrogens with zero attached hydrogens (tertiary/aromatic N) is 2. The van der Waals surface area contributed by atoms with Crippen LogP contribution >= 0.6 is 0 Å². The number of halogens is 5. The first-order valence-corrected chi connectivity index (χ1v) is 14.0. The maximum absolute atomic E-state index is 15.1. The van der Waals surface area contributed by atoms with Gasteiger partial charge in [-0.3, -0.25) is 14.9 Å². The van der Waals surface area contributed by atoms with Crippen LogP contribution in [0.3, 0.4) is 0 Å². The number of pyridine rings is 1. The monoisotopic (exact) mass is 589 g/mol. The summed E-state index contributed by atoms with van der Waals surface area (Å²) in [7, 11) is 0. The smallest absolute Gasteiger partial charge is 0.353 e. The van der Waals surface area contributed by atoms with Gasteiger partial charge in [0.25, 0.3) is 0 Å². The zero-order valence-corrected chi connectivity index (χ0v) is 23.2. The van der Waals surface area contributed by atoms with Crippen molar-refractivity contribution in [3.63, 3.8) is 0 Å². The second-order valence-corrected chi connectivity index (χ2v) is 12.3. The topological polar surface area (TPSA) is 107 Å². The van der Waals surface area contributed by atoms with Crippen LogP contribution in [0.2, 0.25) is 0 Å². The third kappa shape index (κ3) is 6.56. The molecule has 3 aliphatic carbocycles. The van der Waals surface area contributed by atoms with E-state index in [1.807, 2.05) is 6.07 Å². The van der Waals surface area contributed by atoms with Crippen molar-refractivity contribution in [3.05, 3.63) is 53.6 Å². The lowest BCUT2D eigenvalue weighted by atomic mass is 9.96. The Kier molecular flexibility index (Phi) is 7.54. The van der Waals surface area contributed by atoms with Gasteiger partial charge in [-0.1, -0.05) is 24.3 Å². The lowest BCUT2D eigenvalue weighted by molar-refractivity contribution is -0.161. The van der Waals surface area contributed by atoms with Gasteiger partial charge in [0.15, 0.2) is 0 Å². The molecular weight excluding hydrogens is 557 g/mol. The Balaban J connectivity index is 1.35. The van der Waals surface area contributed by atoms with Gasteiger partial charge in [-0.15, -0.1) is 0 Å². The van der Waals surface area contributed by atoms with Crippen molar-refractivity contribution in [2.75, 3.05) is 0 Å². The number of rotatable bonds is 11. The highest BCUT2D eigenvalue weighted by Crippen LogP contribution is 2.48. The summed E-state index contributed by atoms with van der Waals surface area (Å²) in [5, 5.41) is 16.9. The van der Waals surface area contributed by atoms with E-state index in [0.29, 0.717) is 31.4 Å². The average Bonchev–Trinajstić information content (AvgIpc) is 3.77. The molecule has 1 aromatic carbocycles. The molecule has 5 rings (SSSR count). The molecular formula is C30H32F5N5O2. The molecule has 0 unspecified atom stereocenters. The van der Waals surface area contributed by atoms with Crippen LogP contribution < -0.4 is 16.0 Å². The molecule has 2 aromatic rings. The average molecular weight is 590 g/mol. The van der Waals surface area contributed by atoms with Gasteiger partial charge < -0.3 is 10.6 Å². The number of alkyl halides is 4. The number of carbonyl (C=O) groups excluding carboxylic acids is 2. The molecule has 1 aromatic heterocycles. The van der Waals surface area contributed by atoms with Crippen LogP contribution in [0, 0.1) is 17.3 Å². The highest BCUT2D eigenvalue weighted by molar-refractivity contribution is 5.91. The molecule has 1 heterocycles. The normalized spacial score (nSPS) is 20.1. The number of benzene rings is 1. The molecule has 7 nitrogen and oxygen atoms in total. The summed E-state index contributed by atoms with van der Waals surface area (Å²) in [5.41, 5.74) is -3.57. The number of amides is 2. The van der Waals surface area contributed by atoms with E-state index in [2.05, 4.69) is 20.9 Å². The van der Waals surface area contributed by atoms with Crippen LogP contribution in [0.5, 0.6) is 0 Å². The summed E-state index contributed by atoms with van der Waals surface area (Å²) in [4.78, 5) is 29.6. The molecule has 224 valence electrons. The number of carbonyl (C=O) groups is 2. The first-order chi connectivity index (χ1) is 19.6. The van der Waals surface area contributed by atoms with Crippen molar-refractivity contribution in [1.82, 2.24) is 20.9 Å². The Morgan fingerprint density at radius 1 is 1.05 bits per heavy atom. The summed E-state index contributed by atoms with van der Waals surface area (Å²) in [5.74, 6) is -1.90. The van der Waals surface area contributed by atoms with Gasteiger partial charge in [0.1, 0.15) is 17.2 Å². The van der Waals surface area contributed by atoms with E-state index in [9.17, 15) is 32.4 Å². The van der Waals surface area contributed by atoms with E-state index >= 15 is 4.39 Å². The van der Waals surface area contributed by atoms with Gasteiger partial charge in [-0.05, 0) is 75.6 Å². The number of hydrogen-bond donors (Lipinski definition) is 3. The van der Waals surface area contributed by atoms with Crippen LogP contribution in [0.25, 0.3) is 11.1 Å². The molecule has 0 aliphatic heterocycles. The first-order valence-electron chi connectivity index (χ1n) is 14.0. The zero-order chi connectivity index (χ0) is 30.5. The molecule has 3 aliphatic rings. The van der Waals surface area contributed by atoms with E-state index in [0.717, 1.165) is 38.8 Å². The summed E-state index contributed by atoms with van der Waals surface area (Å²) in [6.45, 7) is 2.31. The Morgan fingerprint density at radius 3 is 2.17 bits per heavy atom. The van der Waals surface area contributed by atoms with E-state index in [1.165, 1.54) is 18.2 Å². The molecule has 0 spiro atoms. The molecule has 0 radical (unpaired) electrons. The minimum atomic E-state index is -4.86. The Labute approximate surface area is 240 Å². The largest absolute Gasteiger partial charge is 0.407 e.